The van der Waals surface area contributed by atoms with E-state index in [1.807, 2.05) is 32.0 Å². The smallest absolute Gasteiger partial charge is 0.352 e. The fourth-order valence-electron chi connectivity index (χ4n) is 2.32. The van der Waals surface area contributed by atoms with Crippen molar-refractivity contribution in [3.05, 3.63) is 51.8 Å². The minimum Gasteiger partial charge on any atom is -0.477 e. The summed E-state index contributed by atoms with van der Waals surface area (Å²) in [6.07, 6.45) is 0. The first-order chi connectivity index (χ1) is 9.81. The van der Waals surface area contributed by atoms with Gasteiger partial charge in [-0.3, -0.25) is 4.79 Å². The average Bonchev–Trinajstić information content (AvgIpc) is 2.69. The first-order valence-corrected chi connectivity index (χ1v) is 6.62. The molecule has 0 saturated carbocycles. The number of H-pyrrole nitrogens is 1. The maximum Gasteiger partial charge on any atom is 0.352 e. The predicted molar refractivity (Wildman–Crippen MR) is 81.1 cm³/mol. The Kier molecular flexibility index (Phi) is 3.84. The van der Waals surface area contributed by atoms with Crippen molar-refractivity contribution >= 4 is 17.6 Å². The number of aromatic carboxylic acids is 1. The van der Waals surface area contributed by atoms with Crippen molar-refractivity contribution in [3.63, 3.8) is 0 Å². The molecular weight excluding hydrogens is 268 g/mol. The largest absolute Gasteiger partial charge is 0.477 e. The molecule has 5 nitrogen and oxygen atoms in total. The first kappa shape index (κ1) is 14.8. The summed E-state index contributed by atoms with van der Waals surface area (Å²) >= 11 is 0. The number of aromatic nitrogens is 1. The van der Waals surface area contributed by atoms with Gasteiger partial charge in [0.25, 0.3) is 5.91 Å². The van der Waals surface area contributed by atoms with Crippen LogP contribution in [0.15, 0.2) is 18.2 Å². The molecule has 0 aliphatic rings. The SMILES string of the molecule is Cc1ccc(NC(=O)c2c(C)[nH]c(C(=O)O)c2C)cc1C. The molecule has 1 aromatic carbocycles. The van der Waals surface area contributed by atoms with Crippen molar-refractivity contribution in [2.24, 2.45) is 0 Å². The van der Waals surface area contributed by atoms with Gasteiger partial charge in [0.05, 0.1) is 5.56 Å². The Labute approximate surface area is 123 Å². The molecule has 0 atom stereocenters. The topological polar surface area (TPSA) is 82.2 Å². The lowest BCUT2D eigenvalue weighted by Gasteiger charge is -2.08. The van der Waals surface area contributed by atoms with Crippen LogP contribution in [0.5, 0.6) is 0 Å². The zero-order valence-electron chi connectivity index (χ0n) is 12.5. The maximum atomic E-state index is 12.4. The molecule has 5 heteroatoms. The lowest BCUT2D eigenvalue weighted by molar-refractivity contribution is 0.0690. The van der Waals surface area contributed by atoms with Gasteiger partial charge in [-0.1, -0.05) is 6.07 Å². The molecule has 0 aliphatic heterocycles. The quantitative estimate of drug-likeness (QED) is 0.810. The van der Waals surface area contributed by atoms with Gasteiger partial charge < -0.3 is 15.4 Å². The summed E-state index contributed by atoms with van der Waals surface area (Å²) in [6, 6.07) is 5.66. The average molecular weight is 286 g/mol. The van der Waals surface area contributed by atoms with E-state index in [-0.39, 0.29) is 11.6 Å². The summed E-state index contributed by atoms with van der Waals surface area (Å²) in [4.78, 5) is 26.2. The van der Waals surface area contributed by atoms with Gasteiger partial charge in [-0.05, 0) is 56.5 Å². The van der Waals surface area contributed by atoms with E-state index < -0.39 is 5.97 Å². The van der Waals surface area contributed by atoms with Crippen LogP contribution in [0.1, 0.15) is 43.2 Å². The molecule has 0 aliphatic carbocycles. The van der Waals surface area contributed by atoms with E-state index in [4.69, 9.17) is 5.11 Å². The Morgan fingerprint density at radius 3 is 2.29 bits per heavy atom. The highest BCUT2D eigenvalue weighted by atomic mass is 16.4. The van der Waals surface area contributed by atoms with Crippen LogP contribution < -0.4 is 5.32 Å². The number of carbonyl (C=O) groups excluding carboxylic acids is 1. The van der Waals surface area contributed by atoms with Gasteiger partial charge in [0.15, 0.2) is 0 Å². The number of aryl methyl sites for hydroxylation is 3. The van der Waals surface area contributed by atoms with Crippen molar-refractivity contribution in [1.29, 1.82) is 0 Å². The number of benzene rings is 1. The molecule has 2 rings (SSSR count). The monoisotopic (exact) mass is 286 g/mol. The fraction of sp³-hybridized carbons (Fsp3) is 0.250. The Morgan fingerprint density at radius 2 is 1.76 bits per heavy atom. The highest BCUT2D eigenvalue weighted by molar-refractivity contribution is 6.08. The third-order valence-corrected chi connectivity index (χ3v) is 3.64. The summed E-state index contributed by atoms with van der Waals surface area (Å²) in [5.74, 6) is -1.38. The lowest BCUT2D eigenvalue weighted by Crippen LogP contribution is -2.14. The molecule has 0 unspecified atom stereocenters. The molecule has 1 heterocycles. The van der Waals surface area contributed by atoms with Crippen LogP contribution in [0.3, 0.4) is 0 Å². The number of hydrogen-bond donors (Lipinski definition) is 3. The number of nitrogens with one attached hydrogen (secondary N) is 2. The van der Waals surface area contributed by atoms with Crippen molar-refractivity contribution in [2.45, 2.75) is 27.7 Å². The molecule has 0 saturated heterocycles. The molecule has 0 radical (unpaired) electrons. The van der Waals surface area contributed by atoms with Crippen LogP contribution in [0, 0.1) is 27.7 Å². The van der Waals surface area contributed by atoms with Gasteiger partial charge in [-0.2, -0.15) is 0 Å². The number of carboxylic acids is 1. The number of carbonyl (C=O) groups is 2. The molecule has 0 spiro atoms. The second-order valence-corrected chi connectivity index (χ2v) is 5.18. The third-order valence-electron chi connectivity index (χ3n) is 3.64. The summed E-state index contributed by atoms with van der Waals surface area (Å²) in [5, 5.41) is 11.9. The van der Waals surface area contributed by atoms with Crippen LogP contribution in [-0.4, -0.2) is 22.0 Å². The van der Waals surface area contributed by atoms with E-state index in [2.05, 4.69) is 10.3 Å². The standard InChI is InChI=1S/C16H18N2O3/c1-8-5-6-12(7-9(8)2)18-15(19)13-10(3)14(16(20)21)17-11(13)4/h5-7,17H,1-4H3,(H,18,19)(H,20,21). The second kappa shape index (κ2) is 5.44. The van der Waals surface area contributed by atoms with Crippen molar-refractivity contribution < 1.29 is 14.7 Å². The van der Waals surface area contributed by atoms with Crippen molar-refractivity contribution in [1.82, 2.24) is 4.98 Å². The molecule has 0 fully saturated rings. The lowest BCUT2D eigenvalue weighted by atomic mass is 10.1. The van der Waals surface area contributed by atoms with E-state index in [0.717, 1.165) is 11.1 Å². The van der Waals surface area contributed by atoms with Gasteiger partial charge >= 0.3 is 5.97 Å². The van der Waals surface area contributed by atoms with Crippen LogP contribution in [-0.2, 0) is 0 Å². The van der Waals surface area contributed by atoms with E-state index in [1.54, 1.807) is 13.8 Å². The minimum atomic E-state index is -1.07. The third kappa shape index (κ3) is 2.81. The summed E-state index contributed by atoms with van der Waals surface area (Å²) in [7, 11) is 0. The molecular formula is C16H18N2O3. The van der Waals surface area contributed by atoms with E-state index in [0.29, 0.717) is 22.5 Å². The Bertz CT molecular complexity index is 729. The summed E-state index contributed by atoms with van der Waals surface area (Å²) < 4.78 is 0. The zero-order valence-corrected chi connectivity index (χ0v) is 12.5. The van der Waals surface area contributed by atoms with Crippen LogP contribution in [0.2, 0.25) is 0 Å². The van der Waals surface area contributed by atoms with Crippen molar-refractivity contribution in [2.75, 3.05) is 5.32 Å². The minimum absolute atomic E-state index is 0.0535. The molecule has 1 aromatic heterocycles. The van der Waals surface area contributed by atoms with Crippen LogP contribution in [0.4, 0.5) is 5.69 Å². The zero-order chi connectivity index (χ0) is 15.7. The number of anilines is 1. The number of hydrogen-bond acceptors (Lipinski definition) is 2. The summed E-state index contributed by atoms with van der Waals surface area (Å²) in [6.45, 7) is 7.29. The highest BCUT2D eigenvalue weighted by Crippen LogP contribution is 2.21. The predicted octanol–water partition coefficient (Wildman–Crippen LogP) is 3.20. The Hall–Kier alpha value is -2.56. The second-order valence-electron chi connectivity index (χ2n) is 5.18. The van der Waals surface area contributed by atoms with Crippen LogP contribution >= 0.6 is 0 Å². The Morgan fingerprint density at radius 1 is 1.10 bits per heavy atom. The van der Waals surface area contributed by atoms with E-state index in [1.165, 1.54) is 0 Å². The first-order valence-electron chi connectivity index (χ1n) is 6.62. The molecule has 3 N–H and O–H groups in total. The highest BCUT2D eigenvalue weighted by Gasteiger charge is 2.21. The molecule has 0 bridgehead atoms. The van der Waals surface area contributed by atoms with E-state index in [9.17, 15) is 9.59 Å². The molecule has 21 heavy (non-hydrogen) atoms. The number of amides is 1. The van der Waals surface area contributed by atoms with Crippen molar-refractivity contribution in [3.8, 4) is 0 Å². The van der Waals surface area contributed by atoms with Gasteiger partial charge in [-0.15, -0.1) is 0 Å². The molecule has 110 valence electrons. The number of aromatic amines is 1. The van der Waals surface area contributed by atoms with Crippen LogP contribution in [0.25, 0.3) is 0 Å². The van der Waals surface area contributed by atoms with Gasteiger partial charge in [0, 0.05) is 11.4 Å². The molecule has 2 aromatic rings. The van der Waals surface area contributed by atoms with Gasteiger partial charge in [-0.25, -0.2) is 4.79 Å². The van der Waals surface area contributed by atoms with E-state index >= 15 is 0 Å². The number of rotatable bonds is 3. The molecule has 1 amide bonds. The normalized spacial score (nSPS) is 10.5. The summed E-state index contributed by atoms with van der Waals surface area (Å²) in [5.41, 5.74) is 4.35. The number of carboxylic acid groups (broad SMARTS) is 1. The van der Waals surface area contributed by atoms with Gasteiger partial charge in [0.1, 0.15) is 5.69 Å². The maximum absolute atomic E-state index is 12.4. The fourth-order valence-corrected chi connectivity index (χ4v) is 2.32. The van der Waals surface area contributed by atoms with Gasteiger partial charge in [0.2, 0.25) is 0 Å². The Balaban J connectivity index is 2.32.